The van der Waals surface area contributed by atoms with Gasteiger partial charge in [-0.1, -0.05) is 19.3 Å². The van der Waals surface area contributed by atoms with Gasteiger partial charge in [-0.05, 0) is 39.2 Å². The standard InChI is InChI=1S/2C7H15NO2/c1-6(8)4-2-3-5-7(9)10;8-6-4-2-1-3-5-7(9)10/h6H,2-5,8H2,1H3,(H,9,10);1-6,8H2,(H,9,10). The molecular formula is C14H30N2O4. The molecule has 0 radical (unpaired) electrons. The second-order valence-electron chi connectivity index (χ2n) is 4.96. The lowest BCUT2D eigenvalue weighted by Gasteiger charge is -2.01. The fourth-order valence-electron chi connectivity index (χ4n) is 1.52. The third-order valence-corrected chi connectivity index (χ3v) is 2.64. The Morgan fingerprint density at radius 3 is 1.75 bits per heavy atom. The molecule has 0 aliphatic rings. The van der Waals surface area contributed by atoms with Gasteiger partial charge >= 0.3 is 11.9 Å². The first-order valence-corrected chi connectivity index (χ1v) is 7.29. The Balaban J connectivity index is 0. The summed E-state index contributed by atoms with van der Waals surface area (Å²) < 4.78 is 0. The van der Waals surface area contributed by atoms with Crippen molar-refractivity contribution in [3.63, 3.8) is 0 Å². The molecule has 120 valence electrons. The highest BCUT2D eigenvalue weighted by molar-refractivity contribution is 5.66. The molecule has 0 aromatic carbocycles. The molecule has 0 heterocycles. The molecule has 0 aliphatic heterocycles. The average Bonchev–Trinajstić information content (AvgIpc) is 2.34. The number of hydrogen-bond acceptors (Lipinski definition) is 4. The zero-order valence-electron chi connectivity index (χ0n) is 12.5. The van der Waals surface area contributed by atoms with E-state index in [0.29, 0.717) is 13.0 Å². The van der Waals surface area contributed by atoms with E-state index in [1.807, 2.05) is 6.92 Å². The summed E-state index contributed by atoms with van der Waals surface area (Å²) in [6, 6.07) is 0.203. The fourth-order valence-corrected chi connectivity index (χ4v) is 1.52. The first kappa shape index (κ1) is 21.2. The number of carboxylic acids is 2. The third kappa shape index (κ3) is 25.6. The van der Waals surface area contributed by atoms with Gasteiger partial charge in [0.05, 0.1) is 0 Å². The average molecular weight is 290 g/mol. The summed E-state index contributed by atoms with van der Waals surface area (Å²) in [5.74, 6) is -1.42. The lowest BCUT2D eigenvalue weighted by molar-refractivity contribution is -0.138. The van der Waals surface area contributed by atoms with Gasteiger partial charge in [0, 0.05) is 18.9 Å². The van der Waals surface area contributed by atoms with E-state index in [4.69, 9.17) is 21.7 Å². The normalized spacial score (nSPS) is 11.3. The Bertz CT molecular complexity index is 245. The predicted molar refractivity (Wildman–Crippen MR) is 79.5 cm³/mol. The molecule has 0 aromatic rings. The Labute approximate surface area is 121 Å². The molecule has 6 nitrogen and oxygen atoms in total. The predicted octanol–water partition coefficient (Wildman–Crippen LogP) is 1.96. The maximum absolute atomic E-state index is 10.0. The fraction of sp³-hybridized carbons (Fsp3) is 0.857. The van der Waals surface area contributed by atoms with Crippen LogP contribution in [0.5, 0.6) is 0 Å². The number of nitrogens with two attached hydrogens (primary N) is 2. The van der Waals surface area contributed by atoms with E-state index in [-0.39, 0.29) is 12.5 Å². The van der Waals surface area contributed by atoms with Crippen molar-refractivity contribution in [1.29, 1.82) is 0 Å². The number of aliphatic carboxylic acids is 2. The molecule has 0 fully saturated rings. The Morgan fingerprint density at radius 1 is 0.900 bits per heavy atom. The molecule has 0 bridgehead atoms. The number of carbonyl (C=O) groups is 2. The SMILES string of the molecule is CC(N)CCCCC(=O)O.NCCCCCCC(=O)O. The summed E-state index contributed by atoms with van der Waals surface area (Å²) in [4.78, 5) is 20.0. The van der Waals surface area contributed by atoms with E-state index in [1.165, 1.54) is 0 Å². The first-order valence-electron chi connectivity index (χ1n) is 7.29. The lowest BCUT2D eigenvalue weighted by atomic mass is 10.1. The van der Waals surface area contributed by atoms with Gasteiger partial charge in [0.25, 0.3) is 0 Å². The van der Waals surface area contributed by atoms with Crippen LogP contribution in [0.25, 0.3) is 0 Å². The highest BCUT2D eigenvalue weighted by Crippen LogP contribution is 2.01. The highest BCUT2D eigenvalue weighted by Gasteiger charge is 1.97. The zero-order valence-corrected chi connectivity index (χ0v) is 12.5. The van der Waals surface area contributed by atoms with Crippen molar-refractivity contribution in [3.8, 4) is 0 Å². The van der Waals surface area contributed by atoms with Gasteiger partial charge in [-0.2, -0.15) is 0 Å². The topological polar surface area (TPSA) is 127 Å². The molecule has 0 aromatic heterocycles. The molecule has 0 aliphatic carbocycles. The molecule has 0 saturated carbocycles. The number of rotatable bonds is 11. The van der Waals surface area contributed by atoms with Crippen LogP contribution in [0.2, 0.25) is 0 Å². The van der Waals surface area contributed by atoms with E-state index in [2.05, 4.69) is 0 Å². The van der Waals surface area contributed by atoms with Gasteiger partial charge < -0.3 is 21.7 Å². The van der Waals surface area contributed by atoms with Crippen molar-refractivity contribution >= 4 is 11.9 Å². The smallest absolute Gasteiger partial charge is 0.303 e. The molecule has 6 heteroatoms. The summed E-state index contributed by atoms with van der Waals surface area (Å²) in [6.45, 7) is 2.65. The van der Waals surface area contributed by atoms with Crippen molar-refractivity contribution in [2.45, 2.75) is 70.8 Å². The van der Waals surface area contributed by atoms with Crippen LogP contribution in [0.3, 0.4) is 0 Å². The number of hydrogen-bond donors (Lipinski definition) is 4. The summed E-state index contributed by atoms with van der Waals surface area (Å²) in [5, 5.41) is 16.5. The van der Waals surface area contributed by atoms with E-state index in [9.17, 15) is 9.59 Å². The highest BCUT2D eigenvalue weighted by atomic mass is 16.4. The molecule has 20 heavy (non-hydrogen) atoms. The van der Waals surface area contributed by atoms with Crippen LogP contribution >= 0.6 is 0 Å². The maximum atomic E-state index is 10.0. The lowest BCUT2D eigenvalue weighted by Crippen LogP contribution is -2.14. The van der Waals surface area contributed by atoms with Gasteiger partial charge in [-0.25, -0.2) is 0 Å². The third-order valence-electron chi connectivity index (χ3n) is 2.64. The molecule has 0 amide bonds. The van der Waals surface area contributed by atoms with Crippen molar-refractivity contribution in [1.82, 2.24) is 0 Å². The monoisotopic (exact) mass is 290 g/mol. The van der Waals surface area contributed by atoms with Crippen LogP contribution in [0.15, 0.2) is 0 Å². The summed E-state index contributed by atoms with van der Waals surface area (Å²) in [6.07, 6.45) is 7.01. The van der Waals surface area contributed by atoms with Gasteiger partial charge in [0.2, 0.25) is 0 Å². The van der Waals surface area contributed by atoms with Gasteiger partial charge in [0.15, 0.2) is 0 Å². The Hall–Kier alpha value is -1.14. The first-order chi connectivity index (χ1) is 9.40. The molecule has 0 saturated heterocycles. The maximum Gasteiger partial charge on any atom is 0.303 e. The van der Waals surface area contributed by atoms with Crippen molar-refractivity contribution in [2.24, 2.45) is 11.5 Å². The van der Waals surface area contributed by atoms with E-state index in [0.717, 1.165) is 44.9 Å². The van der Waals surface area contributed by atoms with Crippen LogP contribution in [0.1, 0.15) is 64.7 Å². The molecule has 6 N–H and O–H groups in total. The minimum absolute atomic E-state index is 0.203. The Kier molecular flexibility index (Phi) is 16.8. The molecule has 0 spiro atoms. The number of unbranched alkanes of at least 4 members (excludes halogenated alkanes) is 4. The molecule has 1 unspecified atom stereocenters. The van der Waals surface area contributed by atoms with E-state index in [1.54, 1.807) is 0 Å². The van der Waals surface area contributed by atoms with Gasteiger partial charge in [-0.15, -0.1) is 0 Å². The van der Waals surface area contributed by atoms with Crippen LogP contribution < -0.4 is 11.5 Å². The number of carboxylic acid groups (broad SMARTS) is 2. The van der Waals surface area contributed by atoms with Crippen LogP contribution in [0.4, 0.5) is 0 Å². The Morgan fingerprint density at radius 2 is 1.35 bits per heavy atom. The van der Waals surface area contributed by atoms with Crippen molar-refractivity contribution < 1.29 is 19.8 Å². The van der Waals surface area contributed by atoms with Crippen molar-refractivity contribution in [2.75, 3.05) is 6.54 Å². The summed E-state index contributed by atoms with van der Waals surface area (Å²) in [7, 11) is 0. The van der Waals surface area contributed by atoms with Crippen LogP contribution in [0, 0.1) is 0 Å². The zero-order chi connectivity index (χ0) is 15.8. The largest absolute Gasteiger partial charge is 0.481 e. The second-order valence-corrected chi connectivity index (χ2v) is 4.96. The summed E-state index contributed by atoms with van der Waals surface area (Å²) in [5.41, 5.74) is 10.7. The molecular weight excluding hydrogens is 260 g/mol. The molecule has 1 atom stereocenters. The van der Waals surface area contributed by atoms with Gasteiger partial charge in [-0.3, -0.25) is 9.59 Å². The van der Waals surface area contributed by atoms with Crippen LogP contribution in [-0.4, -0.2) is 34.7 Å². The van der Waals surface area contributed by atoms with E-state index < -0.39 is 11.9 Å². The van der Waals surface area contributed by atoms with Crippen LogP contribution in [-0.2, 0) is 9.59 Å². The summed E-state index contributed by atoms with van der Waals surface area (Å²) >= 11 is 0. The van der Waals surface area contributed by atoms with E-state index >= 15 is 0 Å². The molecule has 0 rings (SSSR count). The second kappa shape index (κ2) is 15.9. The van der Waals surface area contributed by atoms with Gasteiger partial charge in [0.1, 0.15) is 0 Å². The van der Waals surface area contributed by atoms with Crippen molar-refractivity contribution in [3.05, 3.63) is 0 Å². The minimum Gasteiger partial charge on any atom is -0.481 e. The quantitative estimate of drug-likeness (QED) is 0.431. The minimum atomic E-state index is -0.718.